The number of rotatable bonds is 8. The number of nitrogens with zero attached hydrogens (tertiary/aromatic N) is 15. The molecule has 0 radical (unpaired) electrons. The molecular formula is C65H45F6N15. The maximum absolute atomic E-state index is 15.3. The quantitative estimate of drug-likeness (QED) is 0.131. The highest BCUT2D eigenvalue weighted by molar-refractivity contribution is 6.14. The lowest BCUT2D eigenvalue weighted by Crippen LogP contribution is -2.12. The van der Waals surface area contributed by atoms with Crippen molar-refractivity contribution in [2.45, 2.75) is 67.7 Å². The Bertz CT molecular complexity index is 4760. The van der Waals surface area contributed by atoms with E-state index in [1.807, 2.05) is 83.4 Å². The molecule has 15 nitrogen and oxygen atoms in total. The van der Waals surface area contributed by atoms with Gasteiger partial charge in [-0.1, -0.05) is 18.2 Å². The molecule has 0 N–H and O–H groups in total. The van der Waals surface area contributed by atoms with Crippen LogP contribution in [0.15, 0.2) is 127 Å². The molecule has 0 atom stereocenters. The van der Waals surface area contributed by atoms with Crippen molar-refractivity contribution in [1.29, 1.82) is 5.26 Å². The standard InChI is InChI=1S/C65H45F6N15/c1-31-73-32(2)78-60(77-31)41-11-19-55-49(24-41)50-25-42(61-79-33(3)74-34(4)80-61)12-20-56(50)85(55)54-18-9-39(30-72)23-48(54)47-16-10-40(46-17-15-45(64(66,67)68)29-53(46)65(69,70)71)28-59(47)86-57-21-13-43(62-81-35(5)75-36(6)82-62)26-51(57)52-27-44(14-22-58(52)86)63-83-37(7)76-38(8)84-63/h9-29H,1-8H3. The molecule has 13 rings (SSSR count). The number of halogens is 6. The van der Waals surface area contributed by atoms with Gasteiger partial charge in [-0.15, -0.1) is 0 Å². The summed E-state index contributed by atoms with van der Waals surface area (Å²) in [4.78, 5) is 55.0. The van der Waals surface area contributed by atoms with Gasteiger partial charge in [0.05, 0.1) is 56.2 Å². The maximum Gasteiger partial charge on any atom is 0.417 e. The summed E-state index contributed by atoms with van der Waals surface area (Å²) in [7, 11) is 0. The zero-order chi connectivity index (χ0) is 60.2. The van der Waals surface area contributed by atoms with Crippen LogP contribution in [0, 0.1) is 66.7 Å². The minimum absolute atomic E-state index is 0.0390. The first kappa shape index (κ1) is 54.5. The van der Waals surface area contributed by atoms with Crippen LogP contribution < -0.4 is 0 Å². The second kappa shape index (κ2) is 20.3. The largest absolute Gasteiger partial charge is 0.417 e. The summed E-state index contributed by atoms with van der Waals surface area (Å²) < 4.78 is 92.6. The van der Waals surface area contributed by atoms with Crippen molar-refractivity contribution < 1.29 is 26.3 Å². The van der Waals surface area contributed by atoms with Gasteiger partial charge in [-0.25, -0.2) is 59.8 Å². The van der Waals surface area contributed by atoms with E-state index in [4.69, 9.17) is 0 Å². The lowest BCUT2D eigenvalue weighted by atomic mass is 9.92. The summed E-state index contributed by atoms with van der Waals surface area (Å²) in [5.41, 5.74) is 3.90. The minimum atomic E-state index is -5.21. The molecule has 6 aromatic heterocycles. The van der Waals surface area contributed by atoms with Crippen molar-refractivity contribution in [2.24, 2.45) is 0 Å². The van der Waals surface area contributed by atoms with Crippen molar-refractivity contribution >= 4 is 43.6 Å². The van der Waals surface area contributed by atoms with Crippen LogP contribution in [0.1, 0.15) is 63.3 Å². The molecule has 0 unspecified atom stereocenters. The summed E-state index contributed by atoms with van der Waals surface area (Å²) in [6, 6.07) is 36.9. The average molecular weight is 1150 g/mol. The van der Waals surface area contributed by atoms with E-state index < -0.39 is 29.0 Å². The monoisotopic (exact) mass is 1150 g/mol. The molecular weight excluding hydrogens is 1100 g/mol. The predicted molar refractivity (Wildman–Crippen MR) is 314 cm³/mol. The first-order valence-electron chi connectivity index (χ1n) is 27.0. The fourth-order valence-electron chi connectivity index (χ4n) is 11.4. The molecule has 0 aliphatic heterocycles. The smallest absolute Gasteiger partial charge is 0.309 e. The molecule has 86 heavy (non-hydrogen) atoms. The lowest BCUT2D eigenvalue weighted by Gasteiger charge is -2.21. The molecule has 21 heteroatoms. The Labute approximate surface area is 485 Å². The van der Waals surface area contributed by atoms with Gasteiger partial charge in [0.1, 0.15) is 46.6 Å². The molecule has 0 amide bonds. The number of nitriles is 1. The fourth-order valence-corrected chi connectivity index (χ4v) is 11.4. The highest BCUT2D eigenvalue weighted by Gasteiger charge is 2.39. The van der Waals surface area contributed by atoms with E-state index in [1.165, 1.54) is 6.07 Å². The Morgan fingerprint density at radius 1 is 0.326 bits per heavy atom. The Morgan fingerprint density at radius 2 is 0.674 bits per heavy atom. The van der Waals surface area contributed by atoms with E-state index in [-0.39, 0.29) is 17.2 Å². The van der Waals surface area contributed by atoms with E-state index in [0.717, 1.165) is 27.9 Å². The van der Waals surface area contributed by atoms with Crippen LogP contribution in [-0.2, 0) is 12.4 Å². The van der Waals surface area contributed by atoms with Gasteiger partial charge < -0.3 is 9.13 Å². The molecule has 6 heterocycles. The van der Waals surface area contributed by atoms with Gasteiger partial charge >= 0.3 is 12.4 Å². The van der Waals surface area contributed by atoms with Gasteiger partial charge in [-0.2, -0.15) is 31.6 Å². The SMILES string of the molecule is Cc1nc(C)nc(-c2ccc3c(c2)c2cc(-c4nc(C)nc(C)n4)ccc2n3-c2ccc(C#N)cc2-c2ccc(-c3ccc(C(F)(F)F)cc3C(F)(F)F)cc2-n2c3ccc(-c4nc(C)nc(C)n4)cc3c3cc(-c4nc(C)nc(C)n4)ccc32)n1. The van der Waals surface area contributed by atoms with Gasteiger partial charge in [0, 0.05) is 54.9 Å². The fraction of sp³-hybridized carbons (Fsp3) is 0.154. The molecule has 0 aliphatic rings. The third-order valence-electron chi connectivity index (χ3n) is 14.9. The van der Waals surface area contributed by atoms with E-state index in [0.29, 0.717) is 143 Å². The highest BCUT2D eigenvalue weighted by Crippen LogP contribution is 2.47. The van der Waals surface area contributed by atoms with Crippen LogP contribution in [-0.4, -0.2) is 68.9 Å². The van der Waals surface area contributed by atoms with Crippen LogP contribution in [0.5, 0.6) is 0 Å². The van der Waals surface area contributed by atoms with Gasteiger partial charge in [0.15, 0.2) is 23.3 Å². The van der Waals surface area contributed by atoms with Crippen LogP contribution >= 0.6 is 0 Å². The van der Waals surface area contributed by atoms with Crippen LogP contribution in [0.25, 0.3) is 123 Å². The van der Waals surface area contributed by atoms with Crippen LogP contribution in [0.3, 0.4) is 0 Å². The second-order valence-electron chi connectivity index (χ2n) is 20.9. The third-order valence-corrected chi connectivity index (χ3v) is 14.9. The normalized spacial score (nSPS) is 12.1. The Hall–Kier alpha value is -10.8. The zero-order valence-electron chi connectivity index (χ0n) is 47.1. The Balaban J connectivity index is 1.14. The van der Waals surface area contributed by atoms with Gasteiger partial charge in [-0.05, 0) is 176 Å². The molecule has 0 spiro atoms. The first-order chi connectivity index (χ1) is 41.0. The zero-order valence-corrected chi connectivity index (χ0v) is 47.1. The summed E-state index contributed by atoms with van der Waals surface area (Å²) >= 11 is 0. The van der Waals surface area contributed by atoms with Gasteiger partial charge in [0.25, 0.3) is 0 Å². The van der Waals surface area contributed by atoms with Crippen LogP contribution in [0.2, 0.25) is 0 Å². The van der Waals surface area contributed by atoms with E-state index >= 15 is 13.2 Å². The van der Waals surface area contributed by atoms with Crippen LogP contribution in [0.4, 0.5) is 26.3 Å². The number of aromatic nitrogens is 14. The first-order valence-corrected chi connectivity index (χ1v) is 27.0. The number of fused-ring (bicyclic) bond motifs is 6. The molecule has 13 aromatic rings. The van der Waals surface area contributed by atoms with E-state index in [9.17, 15) is 18.4 Å². The third kappa shape index (κ3) is 9.73. The molecule has 7 aromatic carbocycles. The number of aryl methyl sites for hydroxylation is 8. The lowest BCUT2D eigenvalue weighted by molar-refractivity contribution is -0.142. The summed E-state index contributed by atoms with van der Waals surface area (Å²) in [6.07, 6.45) is -10.3. The second-order valence-corrected chi connectivity index (χ2v) is 20.9. The summed E-state index contributed by atoms with van der Waals surface area (Å²) in [6.45, 7) is 14.3. The molecule has 0 saturated heterocycles. The molecule has 0 fully saturated rings. The Kier molecular flexibility index (Phi) is 12.8. The molecule has 0 bridgehead atoms. The van der Waals surface area contributed by atoms with E-state index in [1.54, 1.807) is 79.7 Å². The maximum atomic E-state index is 15.3. The Morgan fingerprint density at radius 3 is 1.02 bits per heavy atom. The van der Waals surface area contributed by atoms with Crippen molar-refractivity contribution in [1.82, 2.24) is 68.9 Å². The van der Waals surface area contributed by atoms with Gasteiger partial charge in [0.2, 0.25) is 0 Å². The van der Waals surface area contributed by atoms with Crippen molar-refractivity contribution in [3.8, 4) is 85.2 Å². The number of alkyl halides is 6. The number of benzene rings is 7. The van der Waals surface area contributed by atoms with Crippen molar-refractivity contribution in [3.05, 3.63) is 191 Å². The molecule has 0 aliphatic carbocycles. The average Bonchev–Trinajstić information content (AvgIpc) is 1.64. The van der Waals surface area contributed by atoms with Crippen molar-refractivity contribution in [3.63, 3.8) is 0 Å². The molecule has 422 valence electrons. The summed E-state index contributed by atoms with van der Waals surface area (Å²) in [5, 5.41) is 13.7. The topological polar surface area (TPSA) is 188 Å². The minimum Gasteiger partial charge on any atom is -0.309 e. The van der Waals surface area contributed by atoms with Gasteiger partial charge in [-0.3, -0.25) is 0 Å². The predicted octanol–water partition coefficient (Wildman–Crippen LogP) is 15.0. The molecule has 0 saturated carbocycles. The number of hydrogen-bond acceptors (Lipinski definition) is 13. The highest BCUT2D eigenvalue weighted by atomic mass is 19.4. The van der Waals surface area contributed by atoms with Crippen molar-refractivity contribution in [2.75, 3.05) is 0 Å². The van der Waals surface area contributed by atoms with E-state index in [2.05, 4.69) is 70.4 Å². The number of hydrogen-bond donors (Lipinski definition) is 0. The summed E-state index contributed by atoms with van der Waals surface area (Å²) in [5.74, 6) is 5.91.